The summed E-state index contributed by atoms with van der Waals surface area (Å²) in [5, 5.41) is -0.0444. The van der Waals surface area contributed by atoms with Gasteiger partial charge in [0.05, 0.1) is 18.7 Å². The van der Waals surface area contributed by atoms with Crippen molar-refractivity contribution < 1.29 is 36.1 Å². The molecule has 0 aliphatic carbocycles. The molecule has 12 heteroatoms. The van der Waals surface area contributed by atoms with Gasteiger partial charge >= 0.3 is 12.1 Å². The molecule has 3 rings (SSSR count). The minimum absolute atomic E-state index is 0.0186. The molecule has 6 nitrogen and oxygen atoms in total. The lowest BCUT2D eigenvalue weighted by atomic mass is 9.88. The van der Waals surface area contributed by atoms with Gasteiger partial charge in [-0.1, -0.05) is 11.6 Å². The number of benzene rings is 1. The molecule has 0 bridgehead atoms. The van der Waals surface area contributed by atoms with Gasteiger partial charge in [0, 0.05) is 24.3 Å². The van der Waals surface area contributed by atoms with E-state index in [-0.39, 0.29) is 33.7 Å². The maximum atomic E-state index is 15.5. The molecular weight excluding hydrogens is 476 g/mol. The molecule has 0 spiro atoms. The number of hydrogen-bond acceptors (Lipinski definition) is 5. The fourth-order valence-electron chi connectivity index (χ4n) is 3.69. The van der Waals surface area contributed by atoms with E-state index in [0.717, 1.165) is 24.1 Å². The third-order valence-corrected chi connectivity index (χ3v) is 5.75. The zero-order valence-corrected chi connectivity index (χ0v) is 19.3. The molecule has 2 heterocycles. The number of ether oxygens (including phenoxy) is 2. The zero-order chi connectivity index (χ0) is 24.0. The molecule has 0 radical (unpaired) electrons. The minimum Gasteiger partial charge on any atom is -0.464 e. The first-order valence-electron chi connectivity index (χ1n) is 9.54. The molecule has 2 aromatic rings. The van der Waals surface area contributed by atoms with Gasteiger partial charge in [0.2, 0.25) is 0 Å². The number of likely N-dealkylation sites (tertiary alicyclic amines) is 1. The number of fused-ring (bicyclic) bond motifs is 1. The molecule has 1 aliphatic heterocycles. The van der Waals surface area contributed by atoms with Crippen molar-refractivity contribution in [1.82, 2.24) is 8.87 Å². The van der Waals surface area contributed by atoms with Crippen molar-refractivity contribution in [3.8, 4) is 0 Å². The van der Waals surface area contributed by atoms with Crippen LogP contribution in [0.5, 0.6) is 0 Å². The Kier molecular flexibility index (Phi) is 6.63. The van der Waals surface area contributed by atoms with Crippen LogP contribution in [-0.2, 0) is 9.47 Å². The first kappa shape index (κ1) is 24.5. The van der Waals surface area contributed by atoms with E-state index in [1.165, 1.54) is 0 Å². The summed E-state index contributed by atoms with van der Waals surface area (Å²) in [6.07, 6.45) is -1.71. The van der Waals surface area contributed by atoms with Crippen LogP contribution < -0.4 is 0 Å². The summed E-state index contributed by atoms with van der Waals surface area (Å²) in [4.78, 5) is 25.2. The van der Waals surface area contributed by atoms with Gasteiger partial charge in [-0.25, -0.2) is 26.7 Å². The van der Waals surface area contributed by atoms with Crippen molar-refractivity contribution in [1.29, 1.82) is 0 Å². The van der Waals surface area contributed by atoms with Crippen LogP contribution in [0.15, 0.2) is 12.1 Å². The third kappa shape index (κ3) is 4.78. The molecule has 1 aromatic heterocycles. The highest BCUT2D eigenvalue weighted by molar-refractivity contribution is 7.93. The number of rotatable bonds is 3. The van der Waals surface area contributed by atoms with Crippen molar-refractivity contribution >= 4 is 46.9 Å². The molecule has 1 saturated heterocycles. The SMILES string of the molecule is COC(=O)c1cc2c(Cl)cc(C3CN(C(=O)OC(C)(C)C)CC(F)(F)C3)c(F)c2n1SF. The normalized spacial score (nSPS) is 18.7. The maximum absolute atomic E-state index is 15.5. The lowest BCUT2D eigenvalue weighted by Gasteiger charge is -2.38. The molecule has 32 heavy (non-hydrogen) atoms. The third-order valence-electron chi connectivity index (χ3n) is 4.92. The molecule has 1 fully saturated rings. The topological polar surface area (TPSA) is 60.8 Å². The Bertz CT molecular complexity index is 1070. The number of carbonyl (C=O) groups excluding carboxylic acids is 2. The number of hydrogen-bond donors (Lipinski definition) is 0. The Hall–Kier alpha value is -2.14. The minimum atomic E-state index is -3.32. The highest BCUT2D eigenvalue weighted by Gasteiger charge is 2.44. The highest BCUT2D eigenvalue weighted by atomic mass is 35.5. The van der Waals surface area contributed by atoms with Crippen LogP contribution in [0.3, 0.4) is 0 Å². The second kappa shape index (κ2) is 8.66. The van der Waals surface area contributed by atoms with Crippen molar-refractivity contribution in [2.75, 3.05) is 20.2 Å². The molecule has 0 saturated carbocycles. The number of aromatic nitrogens is 1. The summed E-state index contributed by atoms with van der Waals surface area (Å²) in [6, 6.07) is 2.32. The summed E-state index contributed by atoms with van der Waals surface area (Å²) in [6.45, 7) is 3.66. The van der Waals surface area contributed by atoms with Crippen molar-refractivity contribution in [2.24, 2.45) is 0 Å². The molecule has 1 aliphatic rings. The van der Waals surface area contributed by atoms with Gasteiger partial charge in [-0.2, -0.15) is 0 Å². The Morgan fingerprint density at radius 2 is 1.94 bits per heavy atom. The average Bonchev–Trinajstić information content (AvgIpc) is 3.08. The van der Waals surface area contributed by atoms with Gasteiger partial charge in [0.25, 0.3) is 5.92 Å². The smallest absolute Gasteiger partial charge is 0.410 e. The second-order valence-corrected chi connectivity index (χ2v) is 9.44. The number of methoxy groups -OCH3 is 1. The van der Waals surface area contributed by atoms with Gasteiger partial charge < -0.3 is 14.4 Å². The fourth-order valence-corrected chi connectivity index (χ4v) is 4.40. The summed E-state index contributed by atoms with van der Waals surface area (Å²) < 4.78 is 68.6. The van der Waals surface area contributed by atoms with Crippen LogP contribution in [0, 0.1) is 5.82 Å². The Labute approximate surface area is 191 Å². The summed E-state index contributed by atoms with van der Waals surface area (Å²) >= 11 is 5.79. The molecule has 0 N–H and O–H groups in total. The Morgan fingerprint density at radius 1 is 1.28 bits per heavy atom. The van der Waals surface area contributed by atoms with Crippen molar-refractivity contribution in [2.45, 2.75) is 44.6 Å². The van der Waals surface area contributed by atoms with Crippen molar-refractivity contribution in [3.05, 3.63) is 34.2 Å². The van der Waals surface area contributed by atoms with Gasteiger partial charge in [-0.15, -0.1) is 3.89 Å². The van der Waals surface area contributed by atoms with Crippen LogP contribution >= 0.6 is 23.9 Å². The average molecular weight is 497 g/mol. The fraction of sp³-hybridized carbons (Fsp3) is 0.500. The van der Waals surface area contributed by atoms with Crippen LogP contribution in [0.1, 0.15) is 49.2 Å². The largest absolute Gasteiger partial charge is 0.464 e. The monoisotopic (exact) mass is 496 g/mol. The van der Waals surface area contributed by atoms with E-state index in [9.17, 15) is 22.3 Å². The first-order chi connectivity index (χ1) is 14.8. The molecule has 1 aromatic carbocycles. The number of nitrogens with zero attached hydrogens (tertiary/aromatic N) is 2. The molecule has 1 amide bonds. The van der Waals surface area contributed by atoms with Gasteiger partial charge in [-0.3, -0.25) is 0 Å². The van der Waals surface area contributed by atoms with E-state index >= 15 is 4.39 Å². The standard InChI is InChI=1S/C20H21ClF4N2O4S/c1-19(2,3)31-18(29)26-8-10(7-20(23,24)9-26)11-5-13(21)12-6-14(17(28)30-4)27(32-25)16(12)15(11)22/h5-6,10H,7-9H2,1-4H3. The predicted octanol–water partition coefficient (Wildman–Crippen LogP) is 5.96. The van der Waals surface area contributed by atoms with Crippen LogP contribution in [-0.4, -0.2) is 52.7 Å². The number of carbonyl (C=O) groups is 2. The number of esters is 1. The summed E-state index contributed by atoms with van der Waals surface area (Å²) in [5.74, 6) is -6.41. The first-order valence-corrected chi connectivity index (χ1v) is 10.6. The molecule has 1 unspecified atom stereocenters. The zero-order valence-electron chi connectivity index (χ0n) is 17.7. The Morgan fingerprint density at radius 3 is 2.50 bits per heavy atom. The van der Waals surface area contributed by atoms with Gasteiger partial charge in [0.15, 0.2) is 18.2 Å². The maximum Gasteiger partial charge on any atom is 0.410 e. The lowest BCUT2D eigenvalue weighted by molar-refractivity contribution is -0.0758. The van der Waals surface area contributed by atoms with Crippen LogP contribution in [0.4, 0.5) is 21.9 Å². The van der Waals surface area contributed by atoms with Crippen LogP contribution in [0.25, 0.3) is 10.9 Å². The summed E-state index contributed by atoms with van der Waals surface area (Å²) in [7, 11) is 1.08. The predicted molar refractivity (Wildman–Crippen MR) is 112 cm³/mol. The van der Waals surface area contributed by atoms with E-state index in [4.69, 9.17) is 16.3 Å². The number of piperidine rings is 1. The van der Waals surface area contributed by atoms with Gasteiger partial charge in [0.1, 0.15) is 16.8 Å². The number of alkyl halides is 2. The van der Waals surface area contributed by atoms with Gasteiger partial charge in [-0.05, 0) is 38.5 Å². The number of amides is 1. The lowest BCUT2D eigenvalue weighted by Crippen LogP contribution is -2.50. The second-order valence-electron chi connectivity index (χ2n) is 8.53. The summed E-state index contributed by atoms with van der Waals surface area (Å²) in [5.41, 5.74) is -1.81. The molecule has 176 valence electrons. The van der Waals surface area contributed by atoms with E-state index < -0.39 is 60.6 Å². The van der Waals surface area contributed by atoms with E-state index in [1.807, 2.05) is 0 Å². The van der Waals surface area contributed by atoms with E-state index in [2.05, 4.69) is 4.74 Å². The van der Waals surface area contributed by atoms with Crippen LogP contribution in [0.2, 0.25) is 5.02 Å². The highest BCUT2D eigenvalue weighted by Crippen LogP contribution is 2.42. The quantitative estimate of drug-likeness (QED) is 0.387. The van der Waals surface area contributed by atoms with E-state index in [0.29, 0.717) is 3.97 Å². The Balaban J connectivity index is 2.08. The molecule has 1 atom stereocenters. The number of halogens is 5. The van der Waals surface area contributed by atoms with E-state index in [1.54, 1.807) is 20.8 Å². The van der Waals surface area contributed by atoms with Crippen molar-refractivity contribution in [3.63, 3.8) is 0 Å². The molecular formula is C20H21ClF4N2O4S.